The largest absolute Gasteiger partial charge is 0.469 e. The first-order valence-electron chi connectivity index (χ1n) is 13.3. The SMILES string of the molecule is CCCCCCCCCCCCCC(C)OC(=O)CCN(CCO)CCNCCC(=O)OC. The van der Waals surface area contributed by atoms with E-state index in [1.54, 1.807) is 0 Å². The van der Waals surface area contributed by atoms with Crippen molar-refractivity contribution in [3.8, 4) is 0 Å². The van der Waals surface area contributed by atoms with Gasteiger partial charge in [0.25, 0.3) is 0 Å². The fourth-order valence-electron chi connectivity index (χ4n) is 3.82. The van der Waals surface area contributed by atoms with Gasteiger partial charge in [0, 0.05) is 32.7 Å². The van der Waals surface area contributed by atoms with E-state index in [-0.39, 0.29) is 24.6 Å². The Morgan fingerprint density at radius 3 is 2.00 bits per heavy atom. The van der Waals surface area contributed by atoms with E-state index < -0.39 is 0 Å². The number of nitrogens with zero attached hydrogens (tertiary/aromatic N) is 1. The van der Waals surface area contributed by atoms with Gasteiger partial charge < -0.3 is 19.9 Å². The number of carbonyl (C=O) groups is 2. The summed E-state index contributed by atoms with van der Waals surface area (Å²) in [5, 5.41) is 12.4. The van der Waals surface area contributed by atoms with Crippen LogP contribution in [0.2, 0.25) is 0 Å². The van der Waals surface area contributed by atoms with Gasteiger partial charge in [-0.2, -0.15) is 0 Å². The second kappa shape index (κ2) is 24.0. The van der Waals surface area contributed by atoms with Gasteiger partial charge in [-0.1, -0.05) is 71.1 Å². The van der Waals surface area contributed by atoms with E-state index in [1.807, 2.05) is 11.8 Å². The summed E-state index contributed by atoms with van der Waals surface area (Å²) in [4.78, 5) is 25.3. The minimum atomic E-state index is -0.236. The molecule has 1 unspecified atom stereocenters. The molecule has 33 heavy (non-hydrogen) atoms. The van der Waals surface area contributed by atoms with Gasteiger partial charge >= 0.3 is 11.9 Å². The lowest BCUT2D eigenvalue weighted by molar-refractivity contribution is -0.149. The fraction of sp³-hybridized carbons (Fsp3) is 0.923. The van der Waals surface area contributed by atoms with Crippen LogP contribution in [0.5, 0.6) is 0 Å². The molecule has 2 N–H and O–H groups in total. The van der Waals surface area contributed by atoms with E-state index in [1.165, 1.54) is 71.3 Å². The van der Waals surface area contributed by atoms with Crippen molar-refractivity contribution >= 4 is 11.9 Å². The third-order valence-corrected chi connectivity index (χ3v) is 5.93. The second-order valence-corrected chi connectivity index (χ2v) is 9.02. The predicted octanol–water partition coefficient (Wildman–Crippen LogP) is 4.46. The van der Waals surface area contributed by atoms with E-state index in [0.29, 0.717) is 45.6 Å². The Kier molecular flexibility index (Phi) is 23.1. The smallest absolute Gasteiger partial charge is 0.307 e. The molecule has 0 aliphatic heterocycles. The number of rotatable bonds is 24. The molecule has 0 bridgehead atoms. The van der Waals surface area contributed by atoms with Crippen LogP contribution in [-0.2, 0) is 19.1 Å². The van der Waals surface area contributed by atoms with E-state index in [9.17, 15) is 14.7 Å². The Balaban J connectivity index is 3.72. The molecule has 0 aliphatic rings. The number of aliphatic hydroxyl groups excluding tert-OH is 1. The summed E-state index contributed by atoms with van der Waals surface area (Å²) in [6.45, 7) is 7.29. The molecule has 7 heteroatoms. The van der Waals surface area contributed by atoms with Gasteiger partial charge in [0.1, 0.15) is 0 Å². The van der Waals surface area contributed by atoms with Crippen LogP contribution in [-0.4, -0.2) is 74.5 Å². The maximum atomic E-state index is 12.2. The van der Waals surface area contributed by atoms with Crippen molar-refractivity contribution in [2.45, 2.75) is 110 Å². The van der Waals surface area contributed by atoms with Crippen LogP contribution in [0.25, 0.3) is 0 Å². The van der Waals surface area contributed by atoms with Gasteiger partial charge in [0.05, 0.1) is 32.7 Å². The summed E-state index contributed by atoms with van der Waals surface area (Å²) in [7, 11) is 1.38. The highest BCUT2D eigenvalue weighted by molar-refractivity contribution is 5.69. The average molecular weight is 473 g/mol. The summed E-state index contributed by atoms with van der Waals surface area (Å²) in [5.74, 6) is -0.410. The van der Waals surface area contributed by atoms with Gasteiger partial charge in [-0.15, -0.1) is 0 Å². The molecule has 0 heterocycles. The first-order chi connectivity index (χ1) is 16.0. The lowest BCUT2D eigenvalue weighted by Gasteiger charge is -2.21. The first kappa shape index (κ1) is 31.8. The van der Waals surface area contributed by atoms with E-state index in [2.05, 4.69) is 17.0 Å². The zero-order chi connectivity index (χ0) is 24.6. The normalized spacial score (nSPS) is 12.2. The maximum absolute atomic E-state index is 12.2. The molecule has 0 aliphatic carbocycles. The van der Waals surface area contributed by atoms with Crippen LogP contribution < -0.4 is 5.32 Å². The van der Waals surface area contributed by atoms with E-state index in [4.69, 9.17) is 4.74 Å². The Morgan fingerprint density at radius 1 is 0.818 bits per heavy atom. The molecule has 0 aromatic carbocycles. The molecular weight excluding hydrogens is 420 g/mol. The minimum absolute atomic E-state index is 0.0395. The quantitative estimate of drug-likeness (QED) is 0.158. The van der Waals surface area contributed by atoms with Crippen LogP contribution in [0.15, 0.2) is 0 Å². The van der Waals surface area contributed by atoms with Gasteiger partial charge in [0.2, 0.25) is 0 Å². The molecular formula is C26H52N2O5. The van der Waals surface area contributed by atoms with Crippen molar-refractivity contribution in [2.24, 2.45) is 0 Å². The first-order valence-corrected chi connectivity index (χ1v) is 13.3. The highest BCUT2D eigenvalue weighted by atomic mass is 16.5. The summed E-state index contributed by atoms with van der Waals surface area (Å²) < 4.78 is 10.2. The van der Waals surface area contributed by atoms with Crippen molar-refractivity contribution in [3.05, 3.63) is 0 Å². The van der Waals surface area contributed by atoms with Crippen LogP contribution >= 0.6 is 0 Å². The summed E-state index contributed by atoms with van der Waals surface area (Å²) in [6, 6.07) is 0. The number of carbonyl (C=O) groups excluding carboxylic acids is 2. The van der Waals surface area contributed by atoms with Crippen LogP contribution in [0.4, 0.5) is 0 Å². The van der Waals surface area contributed by atoms with Gasteiger partial charge in [-0.3, -0.25) is 14.5 Å². The average Bonchev–Trinajstić information content (AvgIpc) is 2.80. The molecule has 0 saturated carbocycles. The third kappa shape index (κ3) is 22.4. The number of hydrogen-bond acceptors (Lipinski definition) is 7. The number of methoxy groups -OCH3 is 1. The molecule has 0 spiro atoms. The number of hydrogen-bond donors (Lipinski definition) is 2. The molecule has 7 nitrogen and oxygen atoms in total. The molecule has 0 radical (unpaired) electrons. The van der Waals surface area contributed by atoms with Crippen LogP contribution in [0.3, 0.4) is 0 Å². The van der Waals surface area contributed by atoms with Gasteiger partial charge in [-0.05, 0) is 19.8 Å². The Labute approximate surface area is 203 Å². The summed E-state index contributed by atoms with van der Waals surface area (Å²) in [5.41, 5.74) is 0. The third-order valence-electron chi connectivity index (χ3n) is 5.93. The van der Waals surface area contributed by atoms with Crippen LogP contribution in [0, 0.1) is 0 Å². The van der Waals surface area contributed by atoms with Crippen molar-refractivity contribution < 1.29 is 24.2 Å². The maximum Gasteiger partial charge on any atom is 0.307 e. The second-order valence-electron chi connectivity index (χ2n) is 9.02. The Hall–Kier alpha value is -1.18. The molecule has 0 aromatic heterocycles. The number of aliphatic hydroxyl groups is 1. The Bertz CT molecular complexity index is 462. The van der Waals surface area contributed by atoms with Crippen molar-refractivity contribution in [1.29, 1.82) is 0 Å². The molecule has 0 saturated heterocycles. The molecule has 0 amide bonds. The van der Waals surface area contributed by atoms with Crippen molar-refractivity contribution in [3.63, 3.8) is 0 Å². The van der Waals surface area contributed by atoms with Gasteiger partial charge in [0.15, 0.2) is 0 Å². The topological polar surface area (TPSA) is 88.1 Å². The zero-order valence-electron chi connectivity index (χ0n) is 21.7. The molecule has 196 valence electrons. The van der Waals surface area contributed by atoms with E-state index >= 15 is 0 Å². The lowest BCUT2D eigenvalue weighted by atomic mass is 10.0. The van der Waals surface area contributed by atoms with Crippen LogP contribution in [0.1, 0.15) is 104 Å². The zero-order valence-corrected chi connectivity index (χ0v) is 21.7. The number of unbranched alkanes of at least 4 members (excludes halogenated alkanes) is 10. The summed E-state index contributed by atoms with van der Waals surface area (Å²) >= 11 is 0. The lowest BCUT2D eigenvalue weighted by Crippen LogP contribution is -2.36. The van der Waals surface area contributed by atoms with Crippen molar-refractivity contribution in [2.75, 3.05) is 46.4 Å². The van der Waals surface area contributed by atoms with Crippen molar-refractivity contribution in [1.82, 2.24) is 10.2 Å². The molecule has 1 atom stereocenters. The standard InChI is InChI=1S/C26H52N2O5/c1-4-5-6-7-8-9-10-11-12-13-14-15-24(2)33-26(31)17-20-28(22-23-29)21-19-27-18-16-25(30)32-3/h24,27,29H,4-23H2,1-3H3. The number of esters is 2. The monoisotopic (exact) mass is 472 g/mol. The highest BCUT2D eigenvalue weighted by Crippen LogP contribution is 2.13. The highest BCUT2D eigenvalue weighted by Gasteiger charge is 2.12. The van der Waals surface area contributed by atoms with E-state index in [0.717, 1.165) is 12.8 Å². The molecule has 0 rings (SSSR count). The predicted molar refractivity (Wildman–Crippen MR) is 134 cm³/mol. The van der Waals surface area contributed by atoms with Gasteiger partial charge in [-0.25, -0.2) is 0 Å². The number of ether oxygens (including phenoxy) is 2. The molecule has 0 aromatic rings. The summed E-state index contributed by atoms with van der Waals surface area (Å²) in [6.07, 6.45) is 16.0. The minimum Gasteiger partial charge on any atom is -0.469 e. The fourth-order valence-corrected chi connectivity index (χ4v) is 3.82. The molecule has 0 fully saturated rings. The number of nitrogens with one attached hydrogen (secondary N) is 1. The Morgan fingerprint density at radius 2 is 1.42 bits per heavy atom.